The highest BCUT2D eigenvalue weighted by Gasteiger charge is 2.33. The van der Waals surface area contributed by atoms with Crippen LogP contribution in [0.15, 0.2) is 88.6 Å². The summed E-state index contributed by atoms with van der Waals surface area (Å²) in [6.07, 6.45) is -3.04. The van der Waals surface area contributed by atoms with Crippen LogP contribution < -0.4 is 9.86 Å². The number of aromatic nitrogens is 1. The lowest BCUT2D eigenvalue weighted by molar-refractivity contribution is -0.137. The van der Waals surface area contributed by atoms with Crippen molar-refractivity contribution in [3.8, 4) is 0 Å². The lowest BCUT2D eigenvalue weighted by Gasteiger charge is -2.26. The predicted molar refractivity (Wildman–Crippen MR) is 128 cm³/mol. The standard InChI is InChI=1S/C26H21F3N2O3S/c27-26(28,29)21-10-5-11-22(16-21)31(35(33,34)23-12-2-1-3-13-23)17-20-15-19-8-4-7-18-9-6-14-30(24(18)19)25(20)32/h1-5,7-8,10-13,15-16H,6,9,14,17H2. The van der Waals surface area contributed by atoms with E-state index in [9.17, 15) is 26.4 Å². The van der Waals surface area contributed by atoms with Crippen molar-refractivity contribution in [1.29, 1.82) is 0 Å². The molecule has 9 heteroatoms. The number of alkyl halides is 3. The highest BCUT2D eigenvalue weighted by atomic mass is 32.2. The van der Waals surface area contributed by atoms with Crippen molar-refractivity contribution in [2.45, 2.75) is 37.0 Å². The third-order valence-electron chi connectivity index (χ3n) is 6.20. The smallest absolute Gasteiger partial charge is 0.308 e. The van der Waals surface area contributed by atoms with E-state index in [0.29, 0.717) is 6.54 Å². The van der Waals surface area contributed by atoms with Crippen molar-refractivity contribution in [2.24, 2.45) is 0 Å². The lowest BCUT2D eigenvalue weighted by Crippen LogP contribution is -2.35. The summed E-state index contributed by atoms with van der Waals surface area (Å²) < 4.78 is 70.1. The van der Waals surface area contributed by atoms with Gasteiger partial charge in [0.15, 0.2) is 0 Å². The Balaban J connectivity index is 1.69. The van der Waals surface area contributed by atoms with Gasteiger partial charge in [-0.3, -0.25) is 9.10 Å². The Morgan fingerprint density at radius 2 is 1.66 bits per heavy atom. The van der Waals surface area contributed by atoms with Gasteiger partial charge in [0.05, 0.1) is 28.2 Å². The van der Waals surface area contributed by atoms with Gasteiger partial charge in [0.2, 0.25) is 0 Å². The normalized spacial score (nSPS) is 13.7. The molecule has 0 fully saturated rings. The number of halogens is 3. The third-order valence-corrected chi connectivity index (χ3v) is 7.99. The van der Waals surface area contributed by atoms with Crippen LogP contribution in [0, 0.1) is 0 Å². The molecule has 0 saturated heterocycles. The molecule has 0 N–H and O–H groups in total. The zero-order valence-corrected chi connectivity index (χ0v) is 19.3. The molecule has 0 amide bonds. The Labute approximate surface area is 200 Å². The first-order valence-corrected chi connectivity index (χ1v) is 12.5. The van der Waals surface area contributed by atoms with E-state index >= 15 is 0 Å². The molecule has 1 aliphatic heterocycles. The number of pyridine rings is 1. The molecule has 1 aliphatic rings. The van der Waals surface area contributed by atoms with Gasteiger partial charge in [-0.05, 0) is 60.2 Å². The topological polar surface area (TPSA) is 59.4 Å². The van der Waals surface area contributed by atoms with E-state index in [4.69, 9.17) is 0 Å². The van der Waals surface area contributed by atoms with Gasteiger partial charge >= 0.3 is 6.18 Å². The second-order valence-corrected chi connectivity index (χ2v) is 10.3. The molecule has 1 aromatic heterocycles. The van der Waals surface area contributed by atoms with Crippen molar-refractivity contribution < 1.29 is 21.6 Å². The van der Waals surface area contributed by atoms with Crippen LogP contribution in [0.3, 0.4) is 0 Å². The first kappa shape index (κ1) is 23.2. The Hall–Kier alpha value is -3.59. The third kappa shape index (κ3) is 4.20. The monoisotopic (exact) mass is 498 g/mol. The SMILES string of the molecule is O=c1c(CN(c2cccc(C(F)(F)F)c2)S(=O)(=O)c2ccccc2)cc2cccc3c2n1CCC3. The summed E-state index contributed by atoms with van der Waals surface area (Å²) in [6, 6.07) is 18.9. The second-order valence-electron chi connectivity index (χ2n) is 8.46. The molecule has 2 heterocycles. The summed E-state index contributed by atoms with van der Waals surface area (Å²) in [5.74, 6) is 0. The van der Waals surface area contributed by atoms with Gasteiger partial charge in [0, 0.05) is 12.1 Å². The minimum atomic E-state index is -4.65. The summed E-state index contributed by atoms with van der Waals surface area (Å²) in [4.78, 5) is 13.3. The second kappa shape index (κ2) is 8.57. The van der Waals surface area contributed by atoms with E-state index in [1.54, 1.807) is 16.7 Å². The zero-order valence-electron chi connectivity index (χ0n) is 18.5. The van der Waals surface area contributed by atoms with Crippen LogP contribution in [-0.4, -0.2) is 13.0 Å². The molecule has 0 bridgehead atoms. The average Bonchev–Trinajstić information content (AvgIpc) is 2.85. The molecule has 0 saturated carbocycles. The van der Waals surface area contributed by atoms with E-state index in [2.05, 4.69) is 0 Å². The lowest BCUT2D eigenvalue weighted by atomic mass is 10.00. The summed E-state index contributed by atoms with van der Waals surface area (Å²) >= 11 is 0. The number of anilines is 1. The van der Waals surface area contributed by atoms with Crippen molar-refractivity contribution in [1.82, 2.24) is 4.57 Å². The van der Waals surface area contributed by atoms with Gasteiger partial charge in [-0.1, -0.05) is 42.5 Å². The van der Waals surface area contributed by atoms with Gasteiger partial charge in [0.25, 0.3) is 15.6 Å². The fourth-order valence-electron chi connectivity index (χ4n) is 4.56. The van der Waals surface area contributed by atoms with Crippen LogP contribution in [0.4, 0.5) is 18.9 Å². The molecule has 180 valence electrons. The quantitative estimate of drug-likeness (QED) is 0.372. The van der Waals surface area contributed by atoms with Crippen molar-refractivity contribution in [2.75, 3.05) is 4.31 Å². The number of hydrogen-bond donors (Lipinski definition) is 0. The number of para-hydroxylation sites is 1. The van der Waals surface area contributed by atoms with Gasteiger partial charge in [-0.2, -0.15) is 13.2 Å². The summed E-state index contributed by atoms with van der Waals surface area (Å²) in [5.41, 5.74) is 0.570. The molecule has 4 aromatic rings. The number of sulfonamides is 1. The Kier molecular flexibility index (Phi) is 5.67. The molecule has 0 spiro atoms. The van der Waals surface area contributed by atoms with Crippen LogP contribution in [0.1, 0.15) is 23.1 Å². The Bertz CT molecular complexity index is 1580. The summed E-state index contributed by atoms with van der Waals surface area (Å²) in [5, 5.41) is 0.790. The summed E-state index contributed by atoms with van der Waals surface area (Å²) in [7, 11) is -4.28. The molecular weight excluding hydrogens is 477 g/mol. The minimum absolute atomic E-state index is 0.0815. The zero-order chi connectivity index (χ0) is 24.8. The maximum atomic E-state index is 13.6. The van der Waals surface area contributed by atoms with Crippen molar-refractivity contribution >= 4 is 26.6 Å². The van der Waals surface area contributed by atoms with Crippen LogP contribution in [-0.2, 0) is 35.7 Å². The molecule has 35 heavy (non-hydrogen) atoms. The van der Waals surface area contributed by atoms with Crippen LogP contribution in [0.25, 0.3) is 10.9 Å². The fraction of sp³-hybridized carbons (Fsp3) is 0.192. The van der Waals surface area contributed by atoms with E-state index in [1.165, 1.54) is 30.3 Å². The largest absolute Gasteiger partial charge is 0.416 e. The van der Waals surface area contributed by atoms with E-state index in [1.807, 2.05) is 18.2 Å². The Morgan fingerprint density at radius 1 is 0.914 bits per heavy atom. The highest BCUT2D eigenvalue weighted by Crippen LogP contribution is 2.34. The molecule has 0 unspecified atom stereocenters. The van der Waals surface area contributed by atoms with Crippen LogP contribution in [0.2, 0.25) is 0 Å². The molecule has 5 rings (SSSR count). The highest BCUT2D eigenvalue weighted by molar-refractivity contribution is 7.92. The maximum Gasteiger partial charge on any atom is 0.416 e. The predicted octanol–water partition coefficient (Wildman–Crippen LogP) is 5.36. The van der Waals surface area contributed by atoms with Gasteiger partial charge < -0.3 is 4.57 Å². The number of hydrogen-bond acceptors (Lipinski definition) is 3. The number of aryl methyl sites for hydroxylation is 2. The van der Waals surface area contributed by atoms with Crippen LogP contribution in [0.5, 0.6) is 0 Å². The number of benzene rings is 3. The van der Waals surface area contributed by atoms with Crippen molar-refractivity contribution in [3.63, 3.8) is 0 Å². The molecule has 5 nitrogen and oxygen atoms in total. The van der Waals surface area contributed by atoms with E-state index in [0.717, 1.165) is 51.8 Å². The number of rotatable bonds is 5. The molecule has 3 aromatic carbocycles. The molecule has 0 aliphatic carbocycles. The molecule has 0 radical (unpaired) electrons. The minimum Gasteiger partial charge on any atom is -0.308 e. The molecular formula is C26H21F3N2O3S. The first-order valence-electron chi connectivity index (χ1n) is 11.1. The van der Waals surface area contributed by atoms with Crippen molar-refractivity contribution in [3.05, 3.63) is 106 Å². The number of nitrogens with zero attached hydrogens (tertiary/aromatic N) is 2. The van der Waals surface area contributed by atoms with E-state index < -0.39 is 28.3 Å². The van der Waals surface area contributed by atoms with Gasteiger partial charge in [-0.15, -0.1) is 0 Å². The average molecular weight is 499 g/mol. The van der Waals surface area contributed by atoms with E-state index in [-0.39, 0.29) is 21.7 Å². The molecule has 0 atom stereocenters. The van der Waals surface area contributed by atoms with Gasteiger partial charge in [-0.25, -0.2) is 8.42 Å². The van der Waals surface area contributed by atoms with Crippen LogP contribution >= 0.6 is 0 Å². The van der Waals surface area contributed by atoms with Gasteiger partial charge in [0.1, 0.15) is 0 Å². The first-order chi connectivity index (χ1) is 16.7. The summed E-state index contributed by atoms with van der Waals surface area (Å²) in [6.45, 7) is 0.0900. The Morgan fingerprint density at radius 3 is 2.40 bits per heavy atom. The maximum absolute atomic E-state index is 13.6. The fourth-order valence-corrected chi connectivity index (χ4v) is 6.02.